The topological polar surface area (TPSA) is 66.4 Å². The highest BCUT2D eigenvalue weighted by Crippen LogP contribution is 2.34. The van der Waals surface area contributed by atoms with Crippen molar-refractivity contribution in [2.45, 2.75) is 65.3 Å². The Labute approximate surface area is 116 Å². The van der Waals surface area contributed by atoms with Gasteiger partial charge in [0.1, 0.15) is 0 Å². The molecule has 4 heteroatoms. The highest BCUT2D eigenvalue weighted by molar-refractivity contribution is 5.79. The smallest absolute Gasteiger partial charge is 0.308 e. The van der Waals surface area contributed by atoms with E-state index >= 15 is 0 Å². The zero-order chi connectivity index (χ0) is 14.6. The summed E-state index contributed by atoms with van der Waals surface area (Å²) in [6, 6.07) is 0. The van der Waals surface area contributed by atoms with Gasteiger partial charge in [-0.3, -0.25) is 9.59 Å². The SMILES string of the molecule is CC(C)C(C)CC(=O)NC1(C)CCCCC1C(=O)O. The largest absolute Gasteiger partial charge is 0.481 e. The number of carbonyl (C=O) groups is 2. The van der Waals surface area contributed by atoms with Crippen LogP contribution in [0, 0.1) is 17.8 Å². The van der Waals surface area contributed by atoms with E-state index in [1.807, 2.05) is 6.92 Å². The Bertz CT molecular complexity index is 340. The molecular formula is C15H27NO3. The van der Waals surface area contributed by atoms with Crippen LogP contribution in [0.15, 0.2) is 0 Å². The molecule has 1 amide bonds. The van der Waals surface area contributed by atoms with E-state index in [9.17, 15) is 14.7 Å². The van der Waals surface area contributed by atoms with E-state index in [4.69, 9.17) is 0 Å². The van der Waals surface area contributed by atoms with Gasteiger partial charge in [0.15, 0.2) is 0 Å². The van der Waals surface area contributed by atoms with Gasteiger partial charge in [0.05, 0.1) is 11.5 Å². The molecule has 0 radical (unpaired) electrons. The Balaban J connectivity index is 2.66. The van der Waals surface area contributed by atoms with Crippen LogP contribution in [-0.4, -0.2) is 22.5 Å². The summed E-state index contributed by atoms with van der Waals surface area (Å²) in [5, 5.41) is 12.3. The van der Waals surface area contributed by atoms with Crippen molar-refractivity contribution in [3.05, 3.63) is 0 Å². The third kappa shape index (κ3) is 4.22. The van der Waals surface area contributed by atoms with Crippen LogP contribution < -0.4 is 5.32 Å². The number of carbonyl (C=O) groups excluding carboxylic acids is 1. The monoisotopic (exact) mass is 269 g/mol. The zero-order valence-corrected chi connectivity index (χ0v) is 12.5. The van der Waals surface area contributed by atoms with Gasteiger partial charge in [-0.2, -0.15) is 0 Å². The number of nitrogens with one attached hydrogen (secondary N) is 1. The highest BCUT2D eigenvalue weighted by Gasteiger charge is 2.42. The second-order valence-electron chi connectivity index (χ2n) is 6.53. The fourth-order valence-corrected chi connectivity index (χ4v) is 2.78. The van der Waals surface area contributed by atoms with Crippen molar-refractivity contribution in [1.82, 2.24) is 5.32 Å². The summed E-state index contributed by atoms with van der Waals surface area (Å²) in [6.45, 7) is 8.13. The molecule has 19 heavy (non-hydrogen) atoms. The minimum atomic E-state index is -0.792. The fraction of sp³-hybridized carbons (Fsp3) is 0.867. The Morgan fingerprint density at radius 3 is 2.47 bits per heavy atom. The maximum absolute atomic E-state index is 12.1. The van der Waals surface area contributed by atoms with Gasteiger partial charge in [-0.1, -0.05) is 33.6 Å². The van der Waals surface area contributed by atoms with Crippen molar-refractivity contribution >= 4 is 11.9 Å². The van der Waals surface area contributed by atoms with Gasteiger partial charge < -0.3 is 10.4 Å². The van der Waals surface area contributed by atoms with E-state index in [0.717, 1.165) is 19.3 Å². The summed E-state index contributed by atoms with van der Waals surface area (Å²) in [4.78, 5) is 23.4. The lowest BCUT2D eigenvalue weighted by Gasteiger charge is -2.40. The normalized spacial score (nSPS) is 29.0. The summed E-state index contributed by atoms with van der Waals surface area (Å²) in [5.74, 6) is -0.494. The summed E-state index contributed by atoms with van der Waals surface area (Å²) < 4.78 is 0. The molecule has 1 fully saturated rings. The first kappa shape index (κ1) is 16.0. The van der Waals surface area contributed by atoms with Crippen LogP contribution in [0.2, 0.25) is 0 Å². The average Bonchev–Trinajstić information content (AvgIpc) is 2.27. The van der Waals surface area contributed by atoms with Crippen LogP contribution in [0.5, 0.6) is 0 Å². The lowest BCUT2D eigenvalue weighted by molar-refractivity contribution is -0.146. The van der Waals surface area contributed by atoms with Crippen molar-refractivity contribution in [2.24, 2.45) is 17.8 Å². The Hall–Kier alpha value is -1.06. The minimum Gasteiger partial charge on any atom is -0.481 e. The van der Waals surface area contributed by atoms with Crippen LogP contribution in [0.25, 0.3) is 0 Å². The maximum Gasteiger partial charge on any atom is 0.308 e. The van der Waals surface area contributed by atoms with E-state index in [-0.39, 0.29) is 5.91 Å². The Morgan fingerprint density at radius 1 is 1.32 bits per heavy atom. The standard InChI is InChI=1S/C15H27NO3/c1-10(2)11(3)9-13(17)16-15(4)8-6-5-7-12(15)14(18)19/h10-12H,5-9H2,1-4H3,(H,16,17)(H,18,19). The van der Waals surface area contributed by atoms with Crippen molar-refractivity contribution in [1.29, 1.82) is 0 Å². The molecule has 1 saturated carbocycles. The number of aliphatic carboxylic acids is 1. The predicted octanol–water partition coefficient (Wildman–Crippen LogP) is 2.82. The number of hydrogen-bond acceptors (Lipinski definition) is 2. The minimum absolute atomic E-state index is 0.0168. The first-order valence-corrected chi connectivity index (χ1v) is 7.30. The van der Waals surface area contributed by atoms with Crippen molar-refractivity contribution in [3.8, 4) is 0 Å². The molecule has 4 nitrogen and oxygen atoms in total. The molecule has 110 valence electrons. The quantitative estimate of drug-likeness (QED) is 0.806. The molecule has 0 aromatic carbocycles. The maximum atomic E-state index is 12.1. The number of hydrogen-bond donors (Lipinski definition) is 2. The molecule has 0 aromatic heterocycles. The molecule has 1 aliphatic rings. The van der Waals surface area contributed by atoms with Crippen molar-refractivity contribution < 1.29 is 14.7 Å². The van der Waals surface area contributed by atoms with Crippen molar-refractivity contribution in [2.75, 3.05) is 0 Å². The summed E-state index contributed by atoms with van der Waals surface area (Å²) >= 11 is 0. The van der Waals surface area contributed by atoms with Gasteiger partial charge in [0.2, 0.25) is 5.91 Å². The average molecular weight is 269 g/mol. The highest BCUT2D eigenvalue weighted by atomic mass is 16.4. The van der Waals surface area contributed by atoms with Gasteiger partial charge >= 0.3 is 5.97 Å². The molecule has 0 saturated heterocycles. The van der Waals surface area contributed by atoms with E-state index in [1.54, 1.807) is 0 Å². The Morgan fingerprint density at radius 2 is 1.95 bits per heavy atom. The second kappa shape index (κ2) is 6.40. The Kier molecular flexibility index (Phi) is 5.39. The third-order valence-electron chi connectivity index (χ3n) is 4.58. The van der Waals surface area contributed by atoms with Crippen molar-refractivity contribution in [3.63, 3.8) is 0 Å². The molecule has 3 atom stereocenters. The third-order valence-corrected chi connectivity index (χ3v) is 4.58. The first-order valence-electron chi connectivity index (χ1n) is 7.30. The van der Waals surface area contributed by atoms with Crippen LogP contribution >= 0.6 is 0 Å². The molecule has 1 rings (SSSR count). The summed E-state index contributed by atoms with van der Waals surface area (Å²) in [7, 11) is 0. The zero-order valence-electron chi connectivity index (χ0n) is 12.5. The number of rotatable bonds is 5. The van der Waals surface area contributed by atoms with Crippen LogP contribution in [-0.2, 0) is 9.59 Å². The summed E-state index contributed by atoms with van der Waals surface area (Å²) in [6.07, 6.45) is 3.81. The van der Waals surface area contributed by atoms with Gasteiger partial charge in [-0.05, 0) is 31.6 Å². The van der Waals surface area contributed by atoms with Gasteiger partial charge in [0, 0.05) is 6.42 Å². The molecule has 0 aliphatic heterocycles. The van der Waals surface area contributed by atoms with E-state index in [0.29, 0.717) is 24.7 Å². The molecule has 0 heterocycles. The van der Waals surface area contributed by atoms with Crippen LogP contribution in [0.4, 0.5) is 0 Å². The molecule has 0 aromatic rings. The number of carboxylic acid groups (broad SMARTS) is 1. The van der Waals surface area contributed by atoms with Crippen LogP contribution in [0.1, 0.15) is 59.8 Å². The van der Waals surface area contributed by atoms with Crippen LogP contribution in [0.3, 0.4) is 0 Å². The van der Waals surface area contributed by atoms with E-state index in [2.05, 4.69) is 26.1 Å². The molecule has 1 aliphatic carbocycles. The molecule has 2 N–H and O–H groups in total. The van der Waals surface area contributed by atoms with Gasteiger partial charge in [-0.15, -0.1) is 0 Å². The van der Waals surface area contributed by atoms with Gasteiger partial charge in [0.25, 0.3) is 0 Å². The lowest BCUT2D eigenvalue weighted by atomic mass is 9.73. The summed E-state index contributed by atoms with van der Waals surface area (Å²) in [5.41, 5.74) is -0.585. The molecule has 0 bridgehead atoms. The van der Waals surface area contributed by atoms with E-state index in [1.165, 1.54) is 0 Å². The number of carboxylic acids is 1. The van der Waals surface area contributed by atoms with E-state index < -0.39 is 17.4 Å². The first-order chi connectivity index (χ1) is 8.76. The molecule has 0 spiro atoms. The molecule has 3 unspecified atom stereocenters. The predicted molar refractivity (Wildman–Crippen MR) is 74.8 cm³/mol. The fourth-order valence-electron chi connectivity index (χ4n) is 2.78. The molecular weight excluding hydrogens is 242 g/mol. The number of amides is 1. The van der Waals surface area contributed by atoms with Gasteiger partial charge in [-0.25, -0.2) is 0 Å². The second-order valence-corrected chi connectivity index (χ2v) is 6.53. The lowest BCUT2D eigenvalue weighted by Crippen LogP contribution is -2.55.